The molecule has 0 spiro atoms. The van der Waals surface area contributed by atoms with Crippen molar-refractivity contribution in [3.05, 3.63) is 0 Å². The minimum Gasteiger partial charge on any atom is -0.394 e. The lowest BCUT2D eigenvalue weighted by Crippen LogP contribution is -2.06. The Morgan fingerprint density at radius 2 is 2.18 bits per heavy atom. The van der Waals surface area contributed by atoms with E-state index >= 15 is 0 Å². The van der Waals surface area contributed by atoms with Crippen LogP contribution in [-0.2, 0) is 4.74 Å². The molecule has 0 saturated heterocycles. The van der Waals surface area contributed by atoms with Crippen molar-refractivity contribution in [2.75, 3.05) is 13.2 Å². The number of hydrogen-bond donors (Lipinski definition) is 1. The Balaban J connectivity index is 3.66. The summed E-state index contributed by atoms with van der Waals surface area (Å²) in [5, 5.41) is 8.03. The maximum Gasteiger partial charge on any atom is 0.117 e. The molecule has 0 fully saturated rings. The van der Waals surface area contributed by atoms with Crippen molar-refractivity contribution >= 4 is 11.6 Å². The third-order valence-electron chi connectivity index (χ3n) is 1.02. The Labute approximate surface area is 72.5 Å². The van der Waals surface area contributed by atoms with Crippen LogP contribution in [-0.4, -0.2) is 29.8 Å². The zero-order chi connectivity index (χ0) is 8.69. The summed E-state index contributed by atoms with van der Waals surface area (Å²) >= 11 is 5.53. The van der Waals surface area contributed by atoms with E-state index in [4.69, 9.17) is 21.4 Å². The third-order valence-corrected chi connectivity index (χ3v) is 1.27. The van der Waals surface area contributed by atoms with Crippen LogP contribution in [0.4, 0.5) is 0 Å². The van der Waals surface area contributed by atoms with Gasteiger partial charge in [-0.1, -0.05) is 11.8 Å². The van der Waals surface area contributed by atoms with Gasteiger partial charge in [-0.25, -0.2) is 0 Å². The summed E-state index contributed by atoms with van der Waals surface area (Å²) in [5.74, 6) is 5.43. The molecule has 0 aromatic carbocycles. The molecule has 0 aliphatic heterocycles. The Kier molecular flexibility index (Phi) is 6.34. The van der Waals surface area contributed by atoms with Gasteiger partial charge in [0.15, 0.2) is 0 Å². The number of alkyl halides is 1. The van der Waals surface area contributed by atoms with E-state index in [1.807, 2.05) is 13.8 Å². The monoisotopic (exact) mass is 176 g/mol. The predicted molar refractivity (Wildman–Crippen MR) is 45.6 cm³/mol. The fourth-order valence-corrected chi connectivity index (χ4v) is 0.608. The highest BCUT2D eigenvalue weighted by Gasteiger charge is 1.96. The number of ether oxygens (including phenoxy) is 1. The van der Waals surface area contributed by atoms with Gasteiger partial charge in [0.1, 0.15) is 11.5 Å². The molecule has 0 heterocycles. The van der Waals surface area contributed by atoms with Gasteiger partial charge in [-0.05, 0) is 13.8 Å². The van der Waals surface area contributed by atoms with Crippen LogP contribution in [0.5, 0.6) is 0 Å². The minimum absolute atomic E-state index is 0.104. The molecule has 0 aromatic heterocycles. The molecule has 2 nitrogen and oxygen atoms in total. The van der Waals surface area contributed by atoms with Crippen molar-refractivity contribution in [3.63, 3.8) is 0 Å². The van der Waals surface area contributed by atoms with Gasteiger partial charge in [-0.2, -0.15) is 0 Å². The van der Waals surface area contributed by atoms with Crippen LogP contribution >= 0.6 is 11.6 Å². The first-order valence-corrected chi connectivity index (χ1v) is 4.02. The SMILES string of the molecule is CCOC(C)C#CC(Cl)CO. The molecule has 2 unspecified atom stereocenters. The molecule has 0 saturated carbocycles. The molecular weight excluding hydrogens is 164 g/mol. The second-order valence-corrected chi connectivity index (χ2v) is 2.56. The molecule has 0 bridgehead atoms. The lowest BCUT2D eigenvalue weighted by molar-refractivity contribution is 0.116. The van der Waals surface area contributed by atoms with E-state index in [2.05, 4.69) is 11.8 Å². The Bertz CT molecular complexity index is 148. The van der Waals surface area contributed by atoms with E-state index in [1.54, 1.807) is 0 Å². The second-order valence-electron chi connectivity index (χ2n) is 2.04. The van der Waals surface area contributed by atoms with Crippen LogP contribution < -0.4 is 0 Å². The van der Waals surface area contributed by atoms with Crippen LogP contribution in [0.3, 0.4) is 0 Å². The van der Waals surface area contributed by atoms with Gasteiger partial charge in [0.25, 0.3) is 0 Å². The summed E-state index contributed by atoms with van der Waals surface area (Å²) in [6.45, 7) is 4.27. The zero-order valence-electron chi connectivity index (χ0n) is 6.80. The van der Waals surface area contributed by atoms with Gasteiger partial charge in [0.2, 0.25) is 0 Å². The molecular formula is C8H13ClO2. The van der Waals surface area contributed by atoms with Gasteiger partial charge < -0.3 is 9.84 Å². The second kappa shape index (κ2) is 6.48. The van der Waals surface area contributed by atoms with Gasteiger partial charge in [-0.3, -0.25) is 0 Å². The summed E-state index contributed by atoms with van der Waals surface area (Å²) in [6, 6.07) is 0. The van der Waals surface area contributed by atoms with Crippen LogP contribution in [0.15, 0.2) is 0 Å². The zero-order valence-corrected chi connectivity index (χ0v) is 7.56. The van der Waals surface area contributed by atoms with E-state index in [0.29, 0.717) is 6.61 Å². The molecule has 3 heteroatoms. The molecule has 1 N–H and O–H groups in total. The summed E-state index contributed by atoms with van der Waals surface area (Å²) in [4.78, 5) is 0. The molecule has 0 amide bonds. The summed E-state index contributed by atoms with van der Waals surface area (Å²) < 4.78 is 5.12. The van der Waals surface area contributed by atoms with Crippen molar-refractivity contribution in [1.82, 2.24) is 0 Å². The fourth-order valence-electron chi connectivity index (χ4n) is 0.545. The maximum absolute atomic E-state index is 8.50. The van der Waals surface area contributed by atoms with Crippen LogP contribution in [0, 0.1) is 11.8 Å². The molecule has 0 aliphatic rings. The topological polar surface area (TPSA) is 29.5 Å². The van der Waals surface area contributed by atoms with Gasteiger partial charge in [-0.15, -0.1) is 11.6 Å². The van der Waals surface area contributed by atoms with Crippen molar-refractivity contribution in [2.24, 2.45) is 0 Å². The predicted octanol–water partition coefficient (Wildman–Crippen LogP) is 1.01. The van der Waals surface area contributed by atoms with E-state index in [1.165, 1.54) is 0 Å². The van der Waals surface area contributed by atoms with Gasteiger partial charge in [0.05, 0.1) is 6.61 Å². The van der Waals surface area contributed by atoms with E-state index < -0.39 is 5.38 Å². The van der Waals surface area contributed by atoms with Crippen LogP contribution in [0.1, 0.15) is 13.8 Å². The number of aliphatic hydroxyl groups excluding tert-OH is 1. The fraction of sp³-hybridized carbons (Fsp3) is 0.750. The van der Waals surface area contributed by atoms with E-state index in [-0.39, 0.29) is 12.7 Å². The lowest BCUT2D eigenvalue weighted by atomic mass is 10.3. The first-order chi connectivity index (χ1) is 5.20. The molecule has 64 valence electrons. The van der Waals surface area contributed by atoms with E-state index in [0.717, 1.165) is 0 Å². The summed E-state index contributed by atoms with van der Waals surface area (Å²) in [7, 11) is 0. The summed E-state index contributed by atoms with van der Waals surface area (Å²) in [6.07, 6.45) is -0.104. The van der Waals surface area contributed by atoms with Crippen LogP contribution in [0.25, 0.3) is 0 Å². The highest BCUT2D eigenvalue weighted by Crippen LogP contribution is 1.92. The molecule has 0 radical (unpaired) electrons. The van der Waals surface area contributed by atoms with E-state index in [9.17, 15) is 0 Å². The van der Waals surface area contributed by atoms with Crippen molar-refractivity contribution in [2.45, 2.75) is 25.3 Å². The standard InChI is InChI=1S/C8H13ClO2/c1-3-11-7(2)4-5-8(9)6-10/h7-8,10H,3,6H2,1-2H3. The van der Waals surface area contributed by atoms with Crippen molar-refractivity contribution in [3.8, 4) is 11.8 Å². The Morgan fingerprint density at radius 1 is 1.55 bits per heavy atom. The average molecular weight is 177 g/mol. The molecule has 2 atom stereocenters. The first-order valence-electron chi connectivity index (χ1n) is 3.58. The third kappa shape index (κ3) is 6.18. The number of halogens is 1. The number of aliphatic hydroxyl groups is 1. The van der Waals surface area contributed by atoms with Crippen molar-refractivity contribution in [1.29, 1.82) is 0 Å². The minimum atomic E-state index is -0.474. The maximum atomic E-state index is 8.50. The quantitative estimate of drug-likeness (QED) is 0.514. The average Bonchev–Trinajstić information content (AvgIpc) is 2.01. The first kappa shape index (κ1) is 10.8. The lowest BCUT2D eigenvalue weighted by Gasteiger charge is -2.02. The molecule has 0 aliphatic carbocycles. The largest absolute Gasteiger partial charge is 0.394 e. The number of rotatable bonds is 3. The highest BCUT2D eigenvalue weighted by atomic mass is 35.5. The van der Waals surface area contributed by atoms with Gasteiger partial charge in [0, 0.05) is 6.61 Å². The normalized spacial score (nSPS) is 14.9. The smallest absolute Gasteiger partial charge is 0.117 e. The Hall–Kier alpha value is -0.230. The number of hydrogen-bond acceptors (Lipinski definition) is 2. The molecule has 0 rings (SSSR count). The Morgan fingerprint density at radius 3 is 2.64 bits per heavy atom. The van der Waals surface area contributed by atoms with Crippen LogP contribution in [0.2, 0.25) is 0 Å². The molecule has 0 aromatic rings. The molecule has 11 heavy (non-hydrogen) atoms. The summed E-state index contributed by atoms with van der Waals surface area (Å²) in [5.41, 5.74) is 0. The van der Waals surface area contributed by atoms with Gasteiger partial charge >= 0.3 is 0 Å². The van der Waals surface area contributed by atoms with Crippen molar-refractivity contribution < 1.29 is 9.84 Å². The highest BCUT2D eigenvalue weighted by molar-refractivity contribution is 6.22.